The number of rotatable bonds is 5. The van der Waals surface area contributed by atoms with Gasteiger partial charge in [0.15, 0.2) is 5.65 Å². The number of fused-ring (bicyclic) bond motifs is 1. The van der Waals surface area contributed by atoms with Crippen molar-refractivity contribution in [2.75, 3.05) is 18.4 Å². The third-order valence-corrected chi connectivity index (χ3v) is 6.37. The summed E-state index contributed by atoms with van der Waals surface area (Å²) in [6.45, 7) is 1.70. The van der Waals surface area contributed by atoms with Crippen LogP contribution in [0.5, 0.6) is 0 Å². The van der Waals surface area contributed by atoms with E-state index in [1.54, 1.807) is 18.3 Å². The Kier molecular flexibility index (Phi) is 6.46. The molecule has 3 N–H and O–H groups in total. The summed E-state index contributed by atoms with van der Waals surface area (Å²) in [5.41, 5.74) is 2.90. The standard InChI is InChI=1S/C25H22BrFN6O/c26-21-6-2-1-5-19(21)20-12-15-13-29-25(31-17-9-7-16(27)8-10-17)33-23(15)32-22(20)24(34)30-18-4-3-11-28-14-18/h1-2,5-10,12-13,18,28H,3-4,11,14H2,(H,30,34)(H,29,31,32,33)/t18-/m1/s1. The van der Waals surface area contributed by atoms with Gasteiger partial charge >= 0.3 is 0 Å². The molecule has 4 aromatic rings. The Balaban J connectivity index is 1.55. The first-order valence-electron chi connectivity index (χ1n) is 11.0. The Morgan fingerprint density at radius 2 is 1.91 bits per heavy atom. The van der Waals surface area contributed by atoms with Crippen LogP contribution in [-0.2, 0) is 0 Å². The average Bonchev–Trinajstić information content (AvgIpc) is 2.85. The van der Waals surface area contributed by atoms with Gasteiger partial charge in [0.1, 0.15) is 11.5 Å². The Bertz CT molecular complexity index is 1340. The van der Waals surface area contributed by atoms with Crippen molar-refractivity contribution in [3.63, 3.8) is 0 Å². The van der Waals surface area contributed by atoms with E-state index in [0.29, 0.717) is 33.9 Å². The van der Waals surface area contributed by atoms with Gasteiger partial charge in [-0.05, 0) is 61.3 Å². The second-order valence-electron chi connectivity index (χ2n) is 8.12. The van der Waals surface area contributed by atoms with Gasteiger partial charge in [0, 0.05) is 39.9 Å². The lowest BCUT2D eigenvalue weighted by Crippen LogP contribution is -2.45. The Labute approximate surface area is 204 Å². The molecule has 0 bridgehead atoms. The molecule has 5 rings (SSSR count). The lowest BCUT2D eigenvalue weighted by molar-refractivity contribution is 0.0926. The molecule has 7 nitrogen and oxygen atoms in total. The van der Waals surface area contributed by atoms with E-state index in [-0.39, 0.29) is 17.8 Å². The van der Waals surface area contributed by atoms with E-state index in [0.717, 1.165) is 36.0 Å². The second-order valence-corrected chi connectivity index (χ2v) is 8.97. The highest BCUT2D eigenvalue weighted by atomic mass is 79.9. The number of benzene rings is 2. The molecule has 0 spiro atoms. The molecule has 1 saturated heterocycles. The number of nitrogens with zero attached hydrogens (tertiary/aromatic N) is 3. The van der Waals surface area contributed by atoms with Crippen LogP contribution in [0.3, 0.4) is 0 Å². The largest absolute Gasteiger partial charge is 0.347 e. The molecule has 3 heterocycles. The van der Waals surface area contributed by atoms with Gasteiger partial charge in [0.25, 0.3) is 5.91 Å². The van der Waals surface area contributed by atoms with E-state index in [1.807, 2.05) is 30.3 Å². The molecule has 2 aromatic carbocycles. The van der Waals surface area contributed by atoms with Gasteiger partial charge < -0.3 is 16.0 Å². The fourth-order valence-corrected chi connectivity index (χ4v) is 4.47. The Hall–Kier alpha value is -3.43. The SMILES string of the molecule is O=C(N[C@@H]1CCCNC1)c1nc2nc(Nc3ccc(F)cc3)ncc2cc1-c1ccccc1Br. The molecular formula is C25H22BrFN6O. The highest BCUT2D eigenvalue weighted by Gasteiger charge is 2.22. The van der Waals surface area contributed by atoms with Crippen LogP contribution in [0.15, 0.2) is 65.3 Å². The monoisotopic (exact) mass is 520 g/mol. The predicted molar refractivity (Wildman–Crippen MR) is 134 cm³/mol. The number of hydrogen-bond donors (Lipinski definition) is 3. The van der Waals surface area contributed by atoms with Crippen molar-refractivity contribution in [1.29, 1.82) is 0 Å². The van der Waals surface area contributed by atoms with E-state index in [1.165, 1.54) is 12.1 Å². The maximum absolute atomic E-state index is 13.4. The molecule has 9 heteroatoms. The van der Waals surface area contributed by atoms with Crippen molar-refractivity contribution in [3.05, 3.63) is 76.8 Å². The zero-order valence-electron chi connectivity index (χ0n) is 18.2. The summed E-state index contributed by atoms with van der Waals surface area (Å²) >= 11 is 3.60. The van der Waals surface area contributed by atoms with Gasteiger partial charge in [0.2, 0.25) is 5.95 Å². The summed E-state index contributed by atoms with van der Waals surface area (Å²) in [6.07, 6.45) is 3.59. The van der Waals surface area contributed by atoms with E-state index < -0.39 is 0 Å². The summed E-state index contributed by atoms with van der Waals surface area (Å²) in [5, 5.41) is 10.2. The van der Waals surface area contributed by atoms with E-state index in [2.05, 4.69) is 46.8 Å². The van der Waals surface area contributed by atoms with Crippen LogP contribution in [-0.4, -0.2) is 40.0 Å². The highest BCUT2D eigenvalue weighted by Crippen LogP contribution is 2.32. The van der Waals surface area contributed by atoms with Crippen molar-refractivity contribution >= 4 is 44.5 Å². The number of halogens is 2. The minimum Gasteiger partial charge on any atom is -0.347 e. The van der Waals surface area contributed by atoms with Crippen LogP contribution in [0, 0.1) is 5.82 Å². The number of carbonyl (C=O) groups is 1. The summed E-state index contributed by atoms with van der Waals surface area (Å²) in [4.78, 5) is 26.9. The molecule has 0 radical (unpaired) electrons. The fourth-order valence-electron chi connectivity index (χ4n) is 3.97. The second kappa shape index (κ2) is 9.82. The zero-order valence-corrected chi connectivity index (χ0v) is 19.8. The molecule has 1 aliphatic rings. The smallest absolute Gasteiger partial charge is 0.270 e. The van der Waals surface area contributed by atoms with Crippen LogP contribution >= 0.6 is 15.9 Å². The third kappa shape index (κ3) is 4.90. The normalized spacial score (nSPS) is 15.8. The number of pyridine rings is 1. The molecule has 0 unspecified atom stereocenters. The molecule has 1 amide bonds. The minimum absolute atomic E-state index is 0.0481. The van der Waals surface area contributed by atoms with Crippen molar-refractivity contribution < 1.29 is 9.18 Å². The molecule has 0 aliphatic carbocycles. The van der Waals surface area contributed by atoms with E-state index in [4.69, 9.17) is 0 Å². The number of aromatic nitrogens is 3. The zero-order chi connectivity index (χ0) is 23.5. The Morgan fingerprint density at radius 1 is 1.09 bits per heavy atom. The van der Waals surface area contributed by atoms with Gasteiger partial charge in [-0.3, -0.25) is 4.79 Å². The summed E-state index contributed by atoms with van der Waals surface area (Å²) in [5.74, 6) is -0.258. The van der Waals surface area contributed by atoms with Gasteiger partial charge in [-0.2, -0.15) is 4.98 Å². The topological polar surface area (TPSA) is 91.8 Å². The van der Waals surface area contributed by atoms with Crippen LogP contribution in [0.4, 0.5) is 16.0 Å². The number of hydrogen-bond acceptors (Lipinski definition) is 6. The molecule has 0 saturated carbocycles. The predicted octanol–water partition coefficient (Wildman–Crippen LogP) is 4.82. The molecule has 1 atom stereocenters. The number of anilines is 2. The third-order valence-electron chi connectivity index (χ3n) is 5.68. The lowest BCUT2D eigenvalue weighted by Gasteiger charge is -2.24. The van der Waals surface area contributed by atoms with Gasteiger partial charge in [-0.25, -0.2) is 14.4 Å². The fraction of sp³-hybridized carbons (Fsp3) is 0.200. The van der Waals surface area contributed by atoms with Crippen LogP contribution in [0.1, 0.15) is 23.3 Å². The molecule has 1 aliphatic heterocycles. The minimum atomic E-state index is -0.324. The molecular weight excluding hydrogens is 499 g/mol. The van der Waals surface area contributed by atoms with Crippen molar-refractivity contribution in [2.45, 2.75) is 18.9 Å². The molecule has 172 valence electrons. The number of nitrogens with one attached hydrogen (secondary N) is 3. The average molecular weight is 521 g/mol. The highest BCUT2D eigenvalue weighted by molar-refractivity contribution is 9.10. The molecule has 2 aromatic heterocycles. The molecule has 1 fully saturated rings. The van der Waals surface area contributed by atoms with Crippen molar-refractivity contribution in [2.24, 2.45) is 0 Å². The summed E-state index contributed by atoms with van der Waals surface area (Å²) in [6, 6.07) is 15.6. The molecule has 34 heavy (non-hydrogen) atoms. The van der Waals surface area contributed by atoms with Crippen molar-refractivity contribution in [3.8, 4) is 11.1 Å². The van der Waals surface area contributed by atoms with Crippen LogP contribution < -0.4 is 16.0 Å². The first-order chi connectivity index (χ1) is 16.6. The maximum Gasteiger partial charge on any atom is 0.270 e. The maximum atomic E-state index is 13.4. The van der Waals surface area contributed by atoms with Gasteiger partial charge in [0.05, 0.1) is 0 Å². The van der Waals surface area contributed by atoms with Gasteiger partial charge in [-0.1, -0.05) is 34.1 Å². The number of amides is 1. The van der Waals surface area contributed by atoms with Gasteiger partial charge in [-0.15, -0.1) is 0 Å². The summed E-state index contributed by atoms with van der Waals surface area (Å²) in [7, 11) is 0. The number of piperidine rings is 1. The van der Waals surface area contributed by atoms with E-state index in [9.17, 15) is 9.18 Å². The quantitative estimate of drug-likeness (QED) is 0.349. The van der Waals surface area contributed by atoms with Crippen LogP contribution in [0.2, 0.25) is 0 Å². The first kappa shape index (κ1) is 22.4. The Morgan fingerprint density at radius 3 is 2.68 bits per heavy atom. The lowest BCUT2D eigenvalue weighted by atomic mass is 10.0. The first-order valence-corrected chi connectivity index (χ1v) is 11.8. The summed E-state index contributed by atoms with van der Waals surface area (Å²) < 4.78 is 14.1. The number of carbonyl (C=O) groups excluding carboxylic acids is 1. The van der Waals surface area contributed by atoms with E-state index >= 15 is 0 Å². The van der Waals surface area contributed by atoms with Crippen molar-refractivity contribution in [1.82, 2.24) is 25.6 Å². The van der Waals surface area contributed by atoms with Crippen LogP contribution in [0.25, 0.3) is 22.2 Å².